The number of para-hydroxylation sites is 1. The fourth-order valence-corrected chi connectivity index (χ4v) is 3.25. The smallest absolute Gasteiger partial charge is 0.262 e. The number of anilines is 1. The van der Waals surface area contributed by atoms with Gasteiger partial charge in [-0.15, -0.1) is 0 Å². The molecule has 0 bridgehead atoms. The molecule has 0 fully saturated rings. The van der Waals surface area contributed by atoms with Crippen molar-refractivity contribution in [2.24, 2.45) is 0 Å². The fraction of sp³-hybridized carbons (Fsp3) is 0.120. The highest BCUT2D eigenvalue weighted by atomic mass is 35.5. The van der Waals surface area contributed by atoms with Crippen molar-refractivity contribution in [3.63, 3.8) is 0 Å². The molecule has 4 rings (SSSR count). The standard InChI is InChI=1S/C25H20ClNO5/c1-2-16-7-9-17(10-8-16)32-23-14-31-22-13-18(11-12-19(22)25(23)29)30-15-24(28)27-21-6-4-3-5-20(21)26/h3-14H,2,15H2,1H3,(H,27,28). The third-order valence-corrected chi connectivity index (χ3v) is 5.12. The molecule has 0 atom stereocenters. The number of nitrogens with one attached hydrogen (secondary N) is 1. The minimum absolute atomic E-state index is 0.0922. The summed E-state index contributed by atoms with van der Waals surface area (Å²) in [5, 5.41) is 3.46. The number of hydrogen-bond acceptors (Lipinski definition) is 5. The van der Waals surface area contributed by atoms with Gasteiger partial charge in [-0.05, 0) is 48.4 Å². The van der Waals surface area contributed by atoms with Gasteiger partial charge in [0.2, 0.25) is 11.2 Å². The zero-order chi connectivity index (χ0) is 22.5. The lowest BCUT2D eigenvalue weighted by Crippen LogP contribution is -2.20. The molecule has 32 heavy (non-hydrogen) atoms. The maximum Gasteiger partial charge on any atom is 0.262 e. The number of fused-ring (bicyclic) bond motifs is 1. The maximum absolute atomic E-state index is 12.8. The molecule has 0 saturated carbocycles. The third-order valence-electron chi connectivity index (χ3n) is 4.79. The Morgan fingerprint density at radius 3 is 2.53 bits per heavy atom. The lowest BCUT2D eigenvalue weighted by atomic mass is 10.2. The molecule has 0 aliphatic carbocycles. The lowest BCUT2D eigenvalue weighted by Gasteiger charge is -2.09. The van der Waals surface area contributed by atoms with Crippen molar-refractivity contribution in [3.05, 3.63) is 93.8 Å². The number of hydrogen-bond donors (Lipinski definition) is 1. The van der Waals surface area contributed by atoms with E-state index in [4.69, 9.17) is 25.5 Å². The summed E-state index contributed by atoms with van der Waals surface area (Å²) in [6, 6.07) is 19.2. The molecule has 0 aliphatic rings. The van der Waals surface area contributed by atoms with Crippen molar-refractivity contribution >= 4 is 34.2 Å². The maximum atomic E-state index is 12.8. The topological polar surface area (TPSA) is 77.8 Å². The van der Waals surface area contributed by atoms with Gasteiger partial charge in [0.1, 0.15) is 23.3 Å². The Bertz CT molecular complexity index is 1310. The molecule has 1 N–H and O–H groups in total. The number of carbonyl (C=O) groups excluding carboxylic acids is 1. The van der Waals surface area contributed by atoms with E-state index in [-0.39, 0.29) is 23.7 Å². The Balaban J connectivity index is 1.45. The first-order valence-electron chi connectivity index (χ1n) is 10.0. The van der Waals surface area contributed by atoms with Crippen LogP contribution in [0.5, 0.6) is 17.2 Å². The van der Waals surface area contributed by atoms with Crippen LogP contribution >= 0.6 is 11.6 Å². The molecular formula is C25H20ClNO5. The normalized spacial score (nSPS) is 10.7. The van der Waals surface area contributed by atoms with Crippen molar-refractivity contribution in [2.75, 3.05) is 11.9 Å². The van der Waals surface area contributed by atoms with Gasteiger partial charge in [0, 0.05) is 6.07 Å². The lowest BCUT2D eigenvalue weighted by molar-refractivity contribution is -0.118. The minimum Gasteiger partial charge on any atom is -0.484 e. The van der Waals surface area contributed by atoms with Crippen molar-refractivity contribution in [2.45, 2.75) is 13.3 Å². The summed E-state index contributed by atoms with van der Waals surface area (Å²) in [5.74, 6) is 0.671. The highest BCUT2D eigenvalue weighted by Gasteiger charge is 2.12. The summed E-state index contributed by atoms with van der Waals surface area (Å²) >= 11 is 6.04. The van der Waals surface area contributed by atoms with Gasteiger partial charge in [0.15, 0.2) is 6.61 Å². The van der Waals surface area contributed by atoms with E-state index in [1.165, 1.54) is 11.8 Å². The van der Waals surface area contributed by atoms with E-state index >= 15 is 0 Å². The Labute approximate surface area is 189 Å². The Kier molecular flexibility index (Phi) is 6.42. The Hall–Kier alpha value is -3.77. The quantitative estimate of drug-likeness (QED) is 0.384. The number of rotatable bonds is 7. The number of aryl methyl sites for hydroxylation is 1. The molecule has 3 aromatic carbocycles. The number of ether oxygens (including phenoxy) is 2. The molecule has 1 amide bonds. The van der Waals surface area contributed by atoms with Crippen molar-refractivity contribution in [3.8, 4) is 17.2 Å². The second-order valence-electron chi connectivity index (χ2n) is 7.00. The minimum atomic E-state index is -0.363. The molecule has 4 aromatic rings. The number of halogens is 1. The van der Waals surface area contributed by atoms with Crippen molar-refractivity contribution in [1.29, 1.82) is 0 Å². The number of benzene rings is 3. The van der Waals surface area contributed by atoms with E-state index in [2.05, 4.69) is 12.2 Å². The van der Waals surface area contributed by atoms with Gasteiger partial charge in [-0.3, -0.25) is 9.59 Å². The predicted molar refractivity (Wildman–Crippen MR) is 124 cm³/mol. The van der Waals surface area contributed by atoms with Crippen molar-refractivity contribution in [1.82, 2.24) is 0 Å². The molecule has 0 aliphatic heterocycles. The van der Waals surface area contributed by atoms with E-state index in [1.807, 2.05) is 24.3 Å². The average Bonchev–Trinajstić information content (AvgIpc) is 2.81. The summed E-state index contributed by atoms with van der Waals surface area (Å²) in [6.07, 6.45) is 2.19. The highest BCUT2D eigenvalue weighted by Crippen LogP contribution is 2.25. The molecular weight excluding hydrogens is 430 g/mol. The van der Waals surface area contributed by atoms with Crippen LogP contribution in [-0.2, 0) is 11.2 Å². The first kappa shape index (κ1) is 21.5. The Morgan fingerprint density at radius 2 is 1.78 bits per heavy atom. The van der Waals surface area contributed by atoms with E-state index in [0.717, 1.165) is 6.42 Å². The average molecular weight is 450 g/mol. The van der Waals surface area contributed by atoms with Crippen LogP contribution in [0.2, 0.25) is 5.02 Å². The largest absolute Gasteiger partial charge is 0.484 e. The summed E-state index contributed by atoms with van der Waals surface area (Å²) in [7, 11) is 0. The Morgan fingerprint density at radius 1 is 1.03 bits per heavy atom. The van der Waals surface area contributed by atoms with Crippen LogP contribution in [0.15, 0.2) is 82.2 Å². The van der Waals surface area contributed by atoms with Crippen LogP contribution < -0.4 is 20.2 Å². The van der Waals surface area contributed by atoms with Gasteiger partial charge < -0.3 is 19.2 Å². The zero-order valence-electron chi connectivity index (χ0n) is 17.3. The fourth-order valence-electron chi connectivity index (χ4n) is 3.07. The molecule has 6 nitrogen and oxygen atoms in total. The van der Waals surface area contributed by atoms with Gasteiger partial charge in [-0.25, -0.2) is 0 Å². The van der Waals surface area contributed by atoms with Crippen LogP contribution in [0.1, 0.15) is 12.5 Å². The number of amides is 1. The summed E-state index contributed by atoms with van der Waals surface area (Å²) in [6.45, 7) is 1.84. The van der Waals surface area contributed by atoms with Gasteiger partial charge in [-0.2, -0.15) is 0 Å². The van der Waals surface area contributed by atoms with E-state index in [1.54, 1.807) is 42.5 Å². The molecule has 0 saturated heterocycles. The third kappa shape index (κ3) is 4.92. The SMILES string of the molecule is CCc1ccc(Oc2coc3cc(OCC(=O)Nc4ccccc4Cl)ccc3c2=O)cc1. The van der Waals surface area contributed by atoms with Crippen LogP contribution in [0, 0.1) is 0 Å². The first-order valence-corrected chi connectivity index (χ1v) is 10.4. The van der Waals surface area contributed by atoms with E-state index in [9.17, 15) is 9.59 Å². The van der Waals surface area contributed by atoms with Gasteiger partial charge >= 0.3 is 0 Å². The molecule has 7 heteroatoms. The summed E-state index contributed by atoms with van der Waals surface area (Å²) in [5.41, 5.74) is 1.71. The van der Waals surface area contributed by atoms with Crippen LogP contribution in [0.3, 0.4) is 0 Å². The number of carbonyl (C=O) groups is 1. The van der Waals surface area contributed by atoms with E-state index in [0.29, 0.717) is 33.2 Å². The van der Waals surface area contributed by atoms with Gasteiger partial charge in [-0.1, -0.05) is 42.8 Å². The van der Waals surface area contributed by atoms with Crippen LogP contribution in [0.4, 0.5) is 5.69 Å². The predicted octanol–water partition coefficient (Wildman–Crippen LogP) is 5.82. The molecule has 162 valence electrons. The van der Waals surface area contributed by atoms with E-state index < -0.39 is 0 Å². The van der Waals surface area contributed by atoms with Crippen LogP contribution in [0.25, 0.3) is 11.0 Å². The van der Waals surface area contributed by atoms with Crippen molar-refractivity contribution < 1.29 is 18.7 Å². The second-order valence-corrected chi connectivity index (χ2v) is 7.41. The van der Waals surface area contributed by atoms with Crippen LogP contribution in [-0.4, -0.2) is 12.5 Å². The summed E-state index contributed by atoms with van der Waals surface area (Å²) < 4.78 is 16.8. The first-order chi connectivity index (χ1) is 15.5. The van der Waals surface area contributed by atoms with Gasteiger partial charge in [0.05, 0.1) is 16.1 Å². The molecule has 1 aromatic heterocycles. The summed E-state index contributed by atoms with van der Waals surface area (Å²) in [4.78, 5) is 24.9. The molecule has 0 spiro atoms. The molecule has 1 heterocycles. The highest BCUT2D eigenvalue weighted by molar-refractivity contribution is 6.33. The van der Waals surface area contributed by atoms with Gasteiger partial charge in [0.25, 0.3) is 5.91 Å². The zero-order valence-corrected chi connectivity index (χ0v) is 18.0. The second kappa shape index (κ2) is 9.58. The monoisotopic (exact) mass is 449 g/mol. The molecule has 0 radical (unpaired) electrons. The molecule has 0 unspecified atom stereocenters.